The molecule has 6 heteroatoms. The average molecular weight is 301 g/mol. The monoisotopic (exact) mass is 301 g/mol. The molecule has 1 aromatic heterocycles. The van der Waals surface area contributed by atoms with Gasteiger partial charge in [0.05, 0.1) is 18.7 Å². The fourth-order valence-corrected chi connectivity index (χ4v) is 2.65. The van der Waals surface area contributed by atoms with Gasteiger partial charge >= 0.3 is 5.97 Å². The van der Waals surface area contributed by atoms with Gasteiger partial charge in [0.2, 0.25) is 5.89 Å². The summed E-state index contributed by atoms with van der Waals surface area (Å²) in [5.74, 6) is -0.305. The van der Waals surface area contributed by atoms with Crippen LogP contribution in [-0.2, 0) is 17.8 Å². The summed E-state index contributed by atoms with van der Waals surface area (Å²) in [7, 11) is 0. The first-order valence-corrected chi connectivity index (χ1v) is 7.38. The minimum absolute atomic E-state index is 0.0920. The van der Waals surface area contributed by atoms with Crippen LogP contribution >= 0.6 is 0 Å². The maximum atomic E-state index is 10.6. The SMILES string of the molecule is O=C(O)Cc1coc(CN2CCN(c3ccccc3)CC2)n1. The van der Waals surface area contributed by atoms with Crippen LogP contribution in [0.5, 0.6) is 0 Å². The van der Waals surface area contributed by atoms with E-state index >= 15 is 0 Å². The van der Waals surface area contributed by atoms with Crippen molar-refractivity contribution in [1.29, 1.82) is 0 Å². The number of aliphatic carboxylic acids is 1. The Kier molecular flexibility index (Phi) is 4.39. The summed E-state index contributed by atoms with van der Waals surface area (Å²) in [6.45, 7) is 4.43. The standard InChI is InChI=1S/C16H19N3O3/c20-16(21)10-13-12-22-15(17-13)11-18-6-8-19(9-7-18)14-4-2-1-3-5-14/h1-5,12H,6-11H2,(H,20,21). The summed E-state index contributed by atoms with van der Waals surface area (Å²) in [6.07, 6.45) is 1.34. The summed E-state index contributed by atoms with van der Waals surface area (Å²) in [4.78, 5) is 19.5. The number of carboxylic acids is 1. The molecule has 0 aliphatic carbocycles. The molecule has 0 atom stereocenters. The van der Waals surface area contributed by atoms with Gasteiger partial charge in [0.25, 0.3) is 0 Å². The first-order chi connectivity index (χ1) is 10.7. The molecule has 1 saturated heterocycles. The van der Waals surface area contributed by atoms with Crippen molar-refractivity contribution in [3.05, 3.63) is 48.2 Å². The highest BCUT2D eigenvalue weighted by molar-refractivity contribution is 5.69. The third-order valence-corrected chi connectivity index (χ3v) is 3.78. The van der Waals surface area contributed by atoms with Crippen molar-refractivity contribution in [2.24, 2.45) is 0 Å². The van der Waals surface area contributed by atoms with Gasteiger partial charge in [-0.1, -0.05) is 18.2 Å². The molecule has 0 radical (unpaired) electrons. The number of piperazine rings is 1. The first kappa shape index (κ1) is 14.6. The van der Waals surface area contributed by atoms with E-state index in [0.717, 1.165) is 26.2 Å². The Morgan fingerprint density at radius 2 is 1.91 bits per heavy atom. The molecular weight excluding hydrogens is 282 g/mol. The van der Waals surface area contributed by atoms with Crippen molar-refractivity contribution >= 4 is 11.7 Å². The van der Waals surface area contributed by atoms with Crippen LogP contribution in [0.3, 0.4) is 0 Å². The van der Waals surface area contributed by atoms with Gasteiger partial charge in [0.15, 0.2) is 0 Å². The van der Waals surface area contributed by atoms with Crippen LogP contribution in [0.1, 0.15) is 11.6 Å². The molecule has 1 aliphatic rings. The second-order valence-corrected chi connectivity index (χ2v) is 5.40. The van der Waals surface area contributed by atoms with Gasteiger partial charge in [0.1, 0.15) is 6.26 Å². The van der Waals surface area contributed by atoms with Crippen LogP contribution in [0.15, 0.2) is 41.0 Å². The van der Waals surface area contributed by atoms with Crippen LogP contribution in [0, 0.1) is 0 Å². The first-order valence-electron chi connectivity index (χ1n) is 7.38. The van der Waals surface area contributed by atoms with Gasteiger partial charge in [-0.15, -0.1) is 0 Å². The van der Waals surface area contributed by atoms with E-state index in [1.165, 1.54) is 12.0 Å². The fraction of sp³-hybridized carbons (Fsp3) is 0.375. The number of anilines is 1. The molecule has 1 aromatic carbocycles. The van der Waals surface area contributed by atoms with Gasteiger partial charge in [-0.3, -0.25) is 9.69 Å². The van der Waals surface area contributed by atoms with Crippen LogP contribution in [-0.4, -0.2) is 47.1 Å². The van der Waals surface area contributed by atoms with E-state index < -0.39 is 5.97 Å². The molecule has 0 spiro atoms. The number of oxazole rings is 1. The molecule has 6 nitrogen and oxygen atoms in total. The molecular formula is C16H19N3O3. The van der Waals surface area contributed by atoms with E-state index in [2.05, 4.69) is 39.0 Å². The van der Waals surface area contributed by atoms with Gasteiger partial charge in [-0.05, 0) is 12.1 Å². The molecule has 2 heterocycles. The van der Waals surface area contributed by atoms with Crippen LogP contribution in [0.25, 0.3) is 0 Å². The van der Waals surface area contributed by atoms with E-state index in [9.17, 15) is 4.79 Å². The number of rotatable bonds is 5. The maximum absolute atomic E-state index is 10.6. The Balaban J connectivity index is 1.51. The molecule has 0 unspecified atom stereocenters. The highest BCUT2D eigenvalue weighted by Gasteiger charge is 2.19. The normalized spacial score (nSPS) is 15.9. The number of aromatic nitrogens is 1. The van der Waals surface area contributed by atoms with Crippen LogP contribution in [0.4, 0.5) is 5.69 Å². The zero-order chi connectivity index (χ0) is 15.4. The molecule has 0 bridgehead atoms. The number of carbonyl (C=O) groups is 1. The zero-order valence-electron chi connectivity index (χ0n) is 12.3. The summed E-state index contributed by atoms with van der Waals surface area (Å²) in [5.41, 5.74) is 1.73. The van der Waals surface area contributed by atoms with Gasteiger partial charge in [-0.25, -0.2) is 4.98 Å². The molecule has 116 valence electrons. The van der Waals surface area contributed by atoms with Crippen LogP contribution < -0.4 is 4.90 Å². The van der Waals surface area contributed by atoms with Crippen molar-refractivity contribution in [3.8, 4) is 0 Å². The fourth-order valence-electron chi connectivity index (χ4n) is 2.65. The number of para-hydroxylation sites is 1. The lowest BCUT2D eigenvalue weighted by molar-refractivity contribution is -0.136. The van der Waals surface area contributed by atoms with Crippen molar-refractivity contribution in [2.45, 2.75) is 13.0 Å². The number of carboxylic acid groups (broad SMARTS) is 1. The number of hydrogen-bond donors (Lipinski definition) is 1. The minimum Gasteiger partial charge on any atom is -0.481 e. The molecule has 1 N–H and O–H groups in total. The lowest BCUT2D eigenvalue weighted by atomic mass is 10.2. The lowest BCUT2D eigenvalue weighted by Crippen LogP contribution is -2.46. The van der Waals surface area contributed by atoms with Crippen molar-refractivity contribution in [1.82, 2.24) is 9.88 Å². The van der Waals surface area contributed by atoms with Crippen molar-refractivity contribution in [3.63, 3.8) is 0 Å². The summed E-state index contributed by atoms with van der Waals surface area (Å²) < 4.78 is 5.35. The maximum Gasteiger partial charge on any atom is 0.309 e. The molecule has 22 heavy (non-hydrogen) atoms. The average Bonchev–Trinajstić information content (AvgIpc) is 2.95. The number of nitrogens with zero attached hydrogens (tertiary/aromatic N) is 3. The Bertz CT molecular complexity index is 619. The summed E-state index contributed by atoms with van der Waals surface area (Å²) in [6, 6.07) is 10.4. The highest BCUT2D eigenvalue weighted by Crippen LogP contribution is 2.16. The Hall–Kier alpha value is -2.34. The Morgan fingerprint density at radius 3 is 2.59 bits per heavy atom. The third-order valence-electron chi connectivity index (χ3n) is 3.78. The molecule has 1 aliphatic heterocycles. The van der Waals surface area contributed by atoms with E-state index in [0.29, 0.717) is 18.1 Å². The van der Waals surface area contributed by atoms with Gasteiger partial charge < -0.3 is 14.4 Å². The topological polar surface area (TPSA) is 69.8 Å². The largest absolute Gasteiger partial charge is 0.481 e. The van der Waals surface area contributed by atoms with E-state index in [-0.39, 0.29) is 6.42 Å². The third kappa shape index (κ3) is 3.65. The van der Waals surface area contributed by atoms with E-state index in [1.54, 1.807) is 0 Å². The number of hydrogen-bond acceptors (Lipinski definition) is 5. The molecule has 0 amide bonds. The molecule has 2 aromatic rings. The highest BCUT2D eigenvalue weighted by atomic mass is 16.4. The lowest BCUT2D eigenvalue weighted by Gasteiger charge is -2.35. The van der Waals surface area contributed by atoms with Crippen LogP contribution in [0.2, 0.25) is 0 Å². The zero-order valence-corrected chi connectivity index (χ0v) is 12.3. The Morgan fingerprint density at radius 1 is 1.18 bits per heavy atom. The minimum atomic E-state index is -0.892. The Labute approximate surface area is 129 Å². The predicted octanol–water partition coefficient (Wildman–Crippen LogP) is 1.62. The summed E-state index contributed by atoms with van der Waals surface area (Å²) >= 11 is 0. The summed E-state index contributed by atoms with van der Waals surface area (Å²) in [5, 5.41) is 8.74. The number of benzene rings is 1. The molecule has 1 fully saturated rings. The second-order valence-electron chi connectivity index (χ2n) is 5.40. The molecule has 3 rings (SSSR count). The van der Waals surface area contributed by atoms with E-state index in [1.807, 2.05) is 6.07 Å². The van der Waals surface area contributed by atoms with Gasteiger partial charge in [-0.2, -0.15) is 0 Å². The van der Waals surface area contributed by atoms with Crippen molar-refractivity contribution < 1.29 is 14.3 Å². The van der Waals surface area contributed by atoms with Crippen molar-refractivity contribution in [2.75, 3.05) is 31.1 Å². The molecule has 0 saturated carbocycles. The second kappa shape index (κ2) is 6.62. The van der Waals surface area contributed by atoms with E-state index in [4.69, 9.17) is 9.52 Å². The van der Waals surface area contributed by atoms with Gasteiger partial charge in [0, 0.05) is 31.9 Å². The quantitative estimate of drug-likeness (QED) is 0.905. The smallest absolute Gasteiger partial charge is 0.309 e. The predicted molar refractivity (Wildman–Crippen MR) is 81.8 cm³/mol.